The standard InChI is InChI=1S/C21H30N4O8S/c1-15-16(2)20(28)25(8-12-33-14-10-27)21(29)19(15)24-23-17-5-3-4-6-18(17)34(30,31)22-7-11-32-13-9-26/h3-6,22,26-28H,7-14H2,1-2H3. The Balaban J connectivity index is 2.34. The predicted octanol–water partition coefficient (Wildman–Crippen LogP) is 0.882. The van der Waals surface area contributed by atoms with Crippen LogP contribution < -0.4 is 10.3 Å². The highest BCUT2D eigenvalue weighted by Crippen LogP contribution is 2.29. The van der Waals surface area contributed by atoms with Gasteiger partial charge in [-0.3, -0.25) is 9.36 Å². The van der Waals surface area contributed by atoms with Gasteiger partial charge in [0, 0.05) is 12.1 Å². The lowest BCUT2D eigenvalue weighted by Crippen LogP contribution is -2.27. The third-order valence-electron chi connectivity index (χ3n) is 4.84. The number of nitrogens with one attached hydrogen (secondary N) is 1. The van der Waals surface area contributed by atoms with E-state index < -0.39 is 15.6 Å². The molecule has 1 aromatic carbocycles. The number of pyridine rings is 1. The molecule has 13 heteroatoms. The van der Waals surface area contributed by atoms with E-state index in [4.69, 9.17) is 19.7 Å². The first kappa shape index (κ1) is 27.6. The van der Waals surface area contributed by atoms with Crippen LogP contribution in [0.15, 0.2) is 44.2 Å². The molecule has 0 aliphatic heterocycles. The van der Waals surface area contributed by atoms with Crippen LogP contribution in [0.25, 0.3) is 0 Å². The van der Waals surface area contributed by atoms with Crippen LogP contribution in [-0.4, -0.2) is 74.5 Å². The molecule has 1 aromatic heterocycles. The van der Waals surface area contributed by atoms with E-state index in [0.29, 0.717) is 11.1 Å². The van der Waals surface area contributed by atoms with E-state index in [0.717, 1.165) is 4.57 Å². The van der Waals surface area contributed by atoms with Gasteiger partial charge >= 0.3 is 0 Å². The molecule has 0 spiro atoms. The van der Waals surface area contributed by atoms with E-state index in [2.05, 4.69) is 15.0 Å². The summed E-state index contributed by atoms with van der Waals surface area (Å²) in [5, 5.41) is 36.0. The van der Waals surface area contributed by atoms with Gasteiger partial charge in [-0.25, -0.2) is 13.1 Å². The molecule has 34 heavy (non-hydrogen) atoms. The number of nitrogens with zero attached hydrogens (tertiary/aromatic N) is 3. The van der Waals surface area contributed by atoms with Crippen LogP contribution in [0, 0.1) is 13.8 Å². The van der Waals surface area contributed by atoms with Gasteiger partial charge in [-0.2, -0.15) is 0 Å². The van der Waals surface area contributed by atoms with E-state index in [1.807, 2.05) is 0 Å². The highest BCUT2D eigenvalue weighted by atomic mass is 32.2. The number of aromatic nitrogens is 1. The maximum atomic E-state index is 12.9. The molecule has 2 aromatic rings. The van der Waals surface area contributed by atoms with Crippen molar-refractivity contribution in [1.82, 2.24) is 9.29 Å². The van der Waals surface area contributed by atoms with Crippen molar-refractivity contribution >= 4 is 21.4 Å². The van der Waals surface area contributed by atoms with Gasteiger partial charge < -0.3 is 24.8 Å². The zero-order valence-corrected chi connectivity index (χ0v) is 19.9. The van der Waals surface area contributed by atoms with Gasteiger partial charge in [0.15, 0.2) is 11.6 Å². The molecular weight excluding hydrogens is 468 g/mol. The molecule has 2 rings (SSSR count). The van der Waals surface area contributed by atoms with E-state index in [1.165, 1.54) is 18.2 Å². The van der Waals surface area contributed by atoms with Gasteiger partial charge in [-0.1, -0.05) is 12.1 Å². The Bertz CT molecular complexity index is 1150. The van der Waals surface area contributed by atoms with E-state index in [1.54, 1.807) is 19.9 Å². The first-order valence-corrected chi connectivity index (χ1v) is 12.0. The molecule has 1 heterocycles. The average molecular weight is 499 g/mol. The van der Waals surface area contributed by atoms with Gasteiger partial charge in [-0.05, 0) is 31.5 Å². The van der Waals surface area contributed by atoms with Crippen molar-refractivity contribution in [2.45, 2.75) is 25.3 Å². The number of aliphatic hydroxyl groups is 2. The monoisotopic (exact) mass is 498 g/mol. The topological polar surface area (TPSA) is 172 Å². The molecule has 0 aliphatic carbocycles. The Labute approximate surface area is 197 Å². The summed E-state index contributed by atoms with van der Waals surface area (Å²) in [7, 11) is -3.95. The molecule has 0 bridgehead atoms. The summed E-state index contributed by atoms with van der Waals surface area (Å²) in [4.78, 5) is 12.8. The Kier molecular flexibility index (Phi) is 10.8. The van der Waals surface area contributed by atoms with Crippen molar-refractivity contribution < 1.29 is 33.2 Å². The van der Waals surface area contributed by atoms with Crippen LogP contribution in [0.3, 0.4) is 0 Å². The summed E-state index contributed by atoms with van der Waals surface area (Å²) in [5.41, 5.74) is 0.180. The van der Waals surface area contributed by atoms with Crippen molar-refractivity contribution in [1.29, 1.82) is 0 Å². The number of sulfonamides is 1. The first-order valence-electron chi connectivity index (χ1n) is 10.5. The third kappa shape index (κ3) is 7.16. The fraction of sp³-hybridized carbons (Fsp3) is 0.476. The van der Waals surface area contributed by atoms with Crippen molar-refractivity contribution in [3.8, 4) is 5.88 Å². The highest BCUT2D eigenvalue weighted by molar-refractivity contribution is 7.89. The Morgan fingerprint density at radius 1 is 0.971 bits per heavy atom. The number of ether oxygens (including phenoxy) is 2. The number of hydrogen-bond acceptors (Lipinski definition) is 10. The SMILES string of the molecule is Cc1c(C)c(O)n(CCOCCO)c(=O)c1N=Nc1ccccc1S(=O)(=O)NCCOCCO. The molecule has 0 atom stereocenters. The maximum absolute atomic E-state index is 12.9. The zero-order valence-electron chi connectivity index (χ0n) is 19.1. The molecule has 0 saturated heterocycles. The summed E-state index contributed by atoms with van der Waals surface area (Å²) in [6.45, 7) is 3.28. The number of rotatable bonds is 14. The van der Waals surface area contributed by atoms with Gasteiger partial charge in [0.1, 0.15) is 10.6 Å². The number of aromatic hydroxyl groups is 1. The van der Waals surface area contributed by atoms with Crippen molar-refractivity contribution in [3.63, 3.8) is 0 Å². The van der Waals surface area contributed by atoms with Gasteiger partial charge in [0.05, 0.1) is 46.2 Å². The molecular formula is C21H30N4O8S. The highest BCUT2D eigenvalue weighted by Gasteiger charge is 2.19. The predicted molar refractivity (Wildman–Crippen MR) is 123 cm³/mol. The largest absolute Gasteiger partial charge is 0.494 e. The van der Waals surface area contributed by atoms with Gasteiger partial charge in [-0.15, -0.1) is 10.2 Å². The molecule has 0 aliphatic rings. The fourth-order valence-electron chi connectivity index (χ4n) is 2.94. The minimum Gasteiger partial charge on any atom is -0.494 e. The minimum atomic E-state index is -3.95. The zero-order chi connectivity index (χ0) is 25.1. The summed E-state index contributed by atoms with van der Waals surface area (Å²) in [6, 6.07) is 5.93. The van der Waals surface area contributed by atoms with Crippen molar-refractivity contribution in [3.05, 3.63) is 45.7 Å². The second-order valence-electron chi connectivity index (χ2n) is 7.12. The van der Waals surface area contributed by atoms with Crippen molar-refractivity contribution in [2.75, 3.05) is 46.2 Å². The van der Waals surface area contributed by atoms with Crippen molar-refractivity contribution in [2.24, 2.45) is 10.2 Å². The van der Waals surface area contributed by atoms with E-state index >= 15 is 0 Å². The fourth-order valence-corrected chi connectivity index (χ4v) is 4.09. The molecule has 0 unspecified atom stereocenters. The summed E-state index contributed by atoms with van der Waals surface area (Å²) in [5.74, 6) is -0.232. The maximum Gasteiger partial charge on any atom is 0.281 e. The molecule has 0 saturated carbocycles. The lowest BCUT2D eigenvalue weighted by atomic mass is 10.1. The average Bonchev–Trinajstić information content (AvgIpc) is 2.82. The van der Waals surface area contributed by atoms with Gasteiger partial charge in [0.2, 0.25) is 10.0 Å². The van der Waals surface area contributed by atoms with Crippen LogP contribution in [-0.2, 0) is 26.0 Å². The second-order valence-corrected chi connectivity index (χ2v) is 8.85. The smallest absolute Gasteiger partial charge is 0.281 e. The number of azo groups is 1. The quantitative estimate of drug-likeness (QED) is 0.219. The number of hydrogen-bond donors (Lipinski definition) is 4. The Morgan fingerprint density at radius 3 is 2.29 bits per heavy atom. The number of benzene rings is 1. The first-order chi connectivity index (χ1) is 16.2. The minimum absolute atomic E-state index is 0.00681. The van der Waals surface area contributed by atoms with Crippen LogP contribution in [0.2, 0.25) is 0 Å². The third-order valence-corrected chi connectivity index (χ3v) is 6.35. The summed E-state index contributed by atoms with van der Waals surface area (Å²) < 4.78 is 39.1. The number of aliphatic hydroxyl groups excluding tert-OH is 2. The molecule has 0 radical (unpaired) electrons. The van der Waals surface area contributed by atoms with E-state index in [-0.39, 0.29) is 74.9 Å². The molecule has 4 N–H and O–H groups in total. The normalized spacial score (nSPS) is 12.0. The van der Waals surface area contributed by atoms with Crippen LogP contribution in [0.5, 0.6) is 5.88 Å². The lowest BCUT2D eigenvalue weighted by Gasteiger charge is -2.14. The molecule has 188 valence electrons. The Morgan fingerprint density at radius 2 is 1.62 bits per heavy atom. The second kappa shape index (κ2) is 13.3. The summed E-state index contributed by atoms with van der Waals surface area (Å²) >= 11 is 0. The summed E-state index contributed by atoms with van der Waals surface area (Å²) in [6.07, 6.45) is 0. The van der Waals surface area contributed by atoms with Crippen LogP contribution >= 0.6 is 0 Å². The molecule has 0 fully saturated rings. The molecule has 0 amide bonds. The lowest BCUT2D eigenvalue weighted by molar-refractivity contribution is 0.0853. The van der Waals surface area contributed by atoms with E-state index in [9.17, 15) is 18.3 Å². The Hall–Kier alpha value is -2.68. The van der Waals surface area contributed by atoms with Crippen LogP contribution in [0.1, 0.15) is 11.1 Å². The molecule has 12 nitrogen and oxygen atoms in total. The van der Waals surface area contributed by atoms with Crippen LogP contribution in [0.4, 0.5) is 11.4 Å². The van der Waals surface area contributed by atoms with Gasteiger partial charge in [0.25, 0.3) is 5.56 Å².